The second-order valence-corrected chi connectivity index (χ2v) is 7.57. The summed E-state index contributed by atoms with van der Waals surface area (Å²) in [6, 6.07) is 11.3. The van der Waals surface area contributed by atoms with Crippen LogP contribution >= 0.6 is 11.3 Å². The Morgan fingerprint density at radius 1 is 1.15 bits per heavy atom. The molecule has 0 radical (unpaired) electrons. The normalized spacial score (nSPS) is 12.0. The first kappa shape index (κ1) is 21.1. The molecular weight excluding hydrogens is 360 g/mol. The molecule has 1 unspecified atom stereocenters. The fraction of sp³-hybridized carbons (Fsp3) is 0.429. The monoisotopic (exact) mass is 388 g/mol. The number of nitrogens with zero attached hydrogens (tertiary/aromatic N) is 1. The lowest BCUT2D eigenvalue weighted by Gasteiger charge is -2.23. The Bertz CT molecular complexity index is 712. The van der Waals surface area contributed by atoms with Gasteiger partial charge in [0, 0.05) is 29.8 Å². The third kappa shape index (κ3) is 6.81. The third-order valence-corrected chi connectivity index (χ3v) is 5.19. The first-order valence-electron chi connectivity index (χ1n) is 9.23. The maximum absolute atomic E-state index is 12.3. The Morgan fingerprint density at radius 3 is 2.48 bits per heavy atom. The molecule has 0 saturated heterocycles. The van der Waals surface area contributed by atoms with Crippen molar-refractivity contribution in [3.05, 3.63) is 52.2 Å². The molecule has 27 heavy (non-hydrogen) atoms. The second kappa shape index (κ2) is 10.8. The summed E-state index contributed by atoms with van der Waals surface area (Å²) in [5.41, 5.74) is 0.608. The second-order valence-electron chi connectivity index (χ2n) is 6.59. The molecule has 1 atom stereocenters. The van der Waals surface area contributed by atoms with Crippen molar-refractivity contribution in [1.82, 2.24) is 10.2 Å². The van der Waals surface area contributed by atoms with Crippen LogP contribution in [0.25, 0.3) is 0 Å². The van der Waals surface area contributed by atoms with Gasteiger partial charge in [-0.2, -0.15) is 0 Å². The van der Waals surface area contributed by atoms with Crippen molar-refractivity contribution >= 4 is 23.0 Å². The Labute approximate surface area is 165 Å². The highest BCUT2D eigenvalue weighted by atomic mass is 32.1. The van der Waals surface area contributed by atoms with E-state index in [4.69, 9.17) is 4.74 Å². The molecule has 0 aliphatic carbocycles. The molecular formula is C21H28N2O3S. The van der Waals surface area contributed by atoms with E-state index in [1.807, 2.05) is 32.5 Å². The van der Waals surface area contributed by atoms with E-state index in [9.17, 15) is 9.59 Å². The predicted octanol–water partition coefficient (Wildman–Crippen LogP) is 3.92. The lowest BCUT2D eigenvalue weighted by Crippen LogP contribution is -2.34. The van der Waals surface area contributed by atoms with Gasteiger partial charge < -0.3 is 15.0 Å². The first-order valence-corrected chi connectivity index (χ1v) is 10.1. The summed E-state index contributed by atoms with van der Waals surface area (Å²) in [7, 11) is 3.99. The van der Waals surface area contributed by atoms with Gasteiger partial charge in [0.15, 0.2) is 5.78 Å². The number of hydrogen-bond acceptors (Lipinski definition) is 5. The smallest absolute Gasteiger partial charge is 0.220 e. The quantitative estimate of drug-likeness (QED) is 0.593. The standard InChI is InChI=1S/C21H28N2O3S/c1-4-13-26-17-9-7-16(8-10-17)19(24)11-12-21(25)22-15-18(23(2)3)20-6-5-14-27-20/h5-10,14,18H,4,11-13,15H2,1-3H3,(H,22,25). The highest BCUT2D eigenvalue weighted by Gasteiger charge is 2.16. The predicted molar refractivity (Wildman–Crippen MR) is 110 cm³/mol. The van der Waals surface area contributed by atoms with Gasteiger partial charge in [-0.3, -0.25) is 9.59 Å². The van der Waals surface area contributed by atoms with E-state index in [1.165, 1.54) is 4.88 Å². The van der Waals surface area contributed by atoms with Crippen LogP contribution < -0.4 is 10.1 Å². The third-order valence-electron chi connectivity index (χ3n) is 4.22. The number of nitrogens with one attached hydrogen (secondary N) is 1. The van der Waals surface area contributed by atoms with E-state index in [2.05, 4.69) is 16.3 Å². The summed E-state index contributed by atoms with van der Waals surface area (Å²) in [6.07, 6.45) is 1.33. The minimum atomic E-state index is -0.102. The number of likely N-dealkylation sites (N-methyl/N-ethyl adjacent to an activating group) is 1. The van der Waals surface area contributed by atoms with Crippen molar-refractivity contribution in [2.45, 2.75) is 32.2 Å². The van der Waals surface area contributed by atoms with Crippen LogP contribution in [0.5, 0.6) is 5.75 Å². The number of thiophene rings is 1. The average molecular weight is 389 g/mol. The number of amides is 1. The number of rotatable bonds is 11. The van der Waals surface area contributed by atoms with Gasteiger partial charge in [-0.05, 0) is 56.2 Å². The molecule has 2 aromatic rings. The SMILES string of the molecule is CCCOc1ccc(C(=O)CCC(=O)NCC(c2cccs2)N(C)C)cc1. The number of hydrogen-bond donors (Lipinski definition) is 1. The minimum absolute atomic E-state index is 0.0328. The van der Waals surface area contributed by atoms with E-state index in [-0.39, 0.29) is 30.6 Å². The van der Waals surface area contributed by atoms with Crippen molar-refractivity contribution in [3.63, 3.8) is 0 Å². The maximum Gasteiger partial charge on any atom is 0.220 e. The van der Waals surface area contributed by atoms with Crippen LogP contribution in [-0.2, 0) is 4.79 Å². The van der Waals surface area contributed by atoms with E-state index in [0.29, 0.717) is 18.7 Å². The molecule has 0 aliphatic rings. The zero-order valence-corrected chi connectivity index (χ0v) is 17.1. The molecule has 1 heterocycles. The number of ketones is 1. The van der Waals surface area contributed by atoms with E-state index >= 15 is 0 Å². The number of carbonyl (C=O) groups excluding carboxylic acids is 2. The van der Waals surface area contributed by atoms with Crippen LogP contribution in [-0.4, -0.2) is 43.8 Å². The van der Waals surface area contributed by atoms with Crippen LogP contribution in [0.1, 0.15) is 47.5 Å². The van der Waals surface area contributed by atoms with Crippen LogP contribution in [0.2, 0.25) is 0 Å². The summed E-state index contributed by atoms with van der Waals surface area (Å²) in [6.45, 7) is 3.24. The van der Waals surface area contributed by atoms with Crippen molar-refractivity contribution in [1.29, 1.82) is 0 Å². The maximum atomic E-state index is 12.3. The fourth-order valence-electron chi connectivity index (χ4n) is 2.65. The van der Waals surface area contributed by atoms with Crippen LogP contribution in [0.3, 0.4) is 0 Å². The lowest BCUT2D eigenvalue weighted by molar-refractivity contribution is -0.121. The van der Waals surface area contributed by atoms with Crippen molar-refractivity contribution < 1.29 is 14.3 Å². The fourth-order valence-corrected chi connectivity index (χ4v) is 3.57. The van der Waals surface area contributed by atoms with E-state index in [1.54, 1.807) is 35.6 Å². The van der Waals surface area contributed by atoms with E-state index < -0.39 is 0 Å². The van der Waals surface area contributed by atoms with Gasteiger partial charge in [-0.15, -0.1) is 11.3 Å². The molecule has 0 bridgehead atoms. The Morgan fingerprint density at radius 2 is 1.89 bits per heavy atom. The summed E-state index contributed by atoms with van der Waals surface area (Å²) >= 11 is 1.68. The Hall–Kier alpha value is -2.18. The van der Waals surface area contributed by atoms with Crippen LogP contribution in [0, 0.1) is 0 Å². The molecule has 1 aromatic carbocycles. The van der Waals surface area contributed by atoms with E-state index in [0.717, 1.165) is 12.2 Å². The molecule has 1 aromatic heterocycles. The molecule has 1 amide bonds. The van der Waals surface area contributed by atoms with Gasteiger partial charge in [0.2, 0.25) is 5.91 Å². The topological polar surface area (TPSA) is 58.6 Å². The Balaban J connectivity index is 1.78. The zero-order valence-electron chi connectivity index (χ0n) is 16.2. The first-order chi connectivity index (χ1) is 13.0. The summed E-state index contributed by atoms with van der Waals surface area (Å²) < 4.78 is 5.51. The summed E-state index contributed by atoms with van der Waals surface area (Å²) in [4.78, 5) is 27.7. The molecule has 5 nitrogen and oxygen atoms in total. The van der Waals surface area contributed by atoms with Crippen LogP contribution in [0.4, 0.5) is 0 Å². The molecule has 1 N–H and O–H groups in total. The molecule has 2 rings (SSSR count). The summed E-state index contributed by atoms with van der Waals surface area (Å²) in [5.74, 6) is 0.624. The van der Waals surface area contributed by atoms with Gasteiger partial charge in [-0.1, -0.05) is 13.0 Å². The minimum Gasteiger partial charge on any atom is -0.494 e. The zero-order chi connectivity index (χ0) is 19.6. The van der Waals surface area contributed by atoms with Gasteiger partial charge >= 0.3 is 0 Å². The molecule has 6 heteroatoms. The van der Waals surface area contributed by atoms with Crippen molar-refractivity contribution in [3.8, 4) is 5.75 Å². The molecule has 146 valence electrons. The highest BCUT2D eigenvalue weighted by molar-refractivity contribution is 7.10. The number of carbonyl (C=O) groups is 2. The van der Waals surface area contributed by atoms with Gasteiger partial charge in [0.05, 0.1) is 12.6 Å². The summed E-state index contributed by atoms with van der Waals surface area (Å²) in [5, 5.41) is 4.98. The average Bonchev–Trinajstić information content (AvgIpc) is 3.19. The van der Waals surface area contributed by atoms with Gasteiger partial charge in [0.25, 0.3) is 0 Å². The highest BCUT2D eigenvalue weighted by Crippen LogP contribution is 2.22. The molecule has 0 aliphatic heterocycles. The largest absolute Gasteiger partial charge is 0.494 e. The van der Waals surface area contributed by atoms with Gasteiger partial charge in [-0.25, -0.2) is 0 Å². The molecule has 0 fully saturated rings. The van der Waals surface area contributed by atoms with Gasteiger partial charge in [0.1, 0.15) is 5.75 Å². The van der Waals surface area contributed by atoms with Crippen molar-refractivity contribution in [2.75, 3.05) is 27.2 Å². The van der Waals surface area contributed by atoms with Crippen LogP contribution in [0.15, 0.2) is 41.8 Å². The lowest BCUT2D eigenvalue weighted by atomic mass is 10.1. The number of Topliss-reactive ketones (excluding diaryl/α,β-unsaturated/α-hetero) is 1. The van der Waals surface area contributed by atoms with Crippen molar-refractivity contribution in [2.24, 2.45) is 0 Å². The molecule has 0 spiro atoms. The Kier molecular flexibility index (Phi) is 8.48. The number of ether oxygens (including phenoxy) is 1. The molecule has 0 saturated carbocycles. The number of benzene rings is 1.